The van der Waals surface area contributed by atoms with E-state index in [0.29, 0.717) is 32.1 Å². The maximum Gasteiger partial charge on any atom is 0.227 e. The Morgan fingerprint density at radius 3 is 2.38 bits per heavy atom. The number of piperidine rings is 1. The smallest absolute Gasteiger partial charge is 0.227 e. The highest BCUT2D eigenvalue weighted by Gasteiger charge is 2.29. The topological polar surface area (TPSA) is 51.2 Å². The van der Waals surface area contributed by atoms with Gasteiger partial charge in [-0.1, -0.05) is 38.1 Å². The molecule has 0 spiro atoms. The van der Waals surface area contributed by atoms with Crippen molar-refractivity contribution >= 4 is 5.91 Å². The molecule has 0 bridgehead atoms. The molecule has 2 aliphatic rings. The van der Waals surface area contributed by atoms with Crippen LogP contribution in [0.3, 0.4) is 0 Å². The first-order valence-corrected chi connectivity index (χ1v) is 13.6. The summed E-state index contributed by atoms with van der Waals surface area (Å²) in [6, 6.07) is 14.4. The van der Waals surface area contributed by atoms with Crippen LogP contribution in [0, 0.1) is 11.7 Å². The van der Waals surface area contributed by atoms with Crippen LogP contribution >= 0.6 is 0 Å². The van der Waals surface area contributed by atoms with Gasteiger partial charge in [0.25, 0.3) is 0 Å². The number of halogens is 1. The molecule has 2 aromatic rings. The number of nitrogens with zero attached hydrogens (tertiary/aromatic N) is 2. The predicted octanol–water partition coefficient (Wildman–Crippen LogP) is 5.05. The van der Waals surface area contributed by atoms with Gasteiger partial charge in [0.05, 0.1) is 25.7 Å². The van der Waals surface area contributed by atoms with Gasteiger partial charge in [-0.15, -0.1) is 0 Å². The Balaban J connectivity index is 1.35. The van der Waals surface area contributed by atoms with E-state index in [1.165, 1.54) is 12.1 Å². The molecule has 0 aliphatic carbocycles. The average molecular weight is 513 g/mol. The molecule has 2 fully saturated rings. The van der Waals surface area contributed by atoms with Crippen LogP contribution in [0.15, 0.2) is 48.5 Å². The number of benzene rings is 2. The van der Waals surface area contributed by atoms with E-state index in [4.69, 9.17) is 14.2 Å². The number of hydrogen-bond acceptors (Lipinski definition) is 5. The first-order valence-electron chi connectivity index (χ1n) is 13.6. The van der Waals surface area contributed by atoms with E-state index in [1.54, 1.807) is 12.1 Å². The fraction of sp³-hybridized carbons (Fsp3) is 0.567. The minimum atomic E-state index is -0.265. The van der Waals surface area contributed by atoms with E-state index >= 15 is 0 Å². The molecule has 4 rings (SSSR count). The second-order valence-electron chi connectivity index (χ2n) is 10.7. The number of carbonyl (C=O) groups excluding carboxylic acids is 1. The summed E-state index contributed by atoms with van der Waals surface area (Å²) in [7, 11) is 0. The molecule has 7 heteroatoms. The minimum absolute atomic E-state index is 0.0976. The van der Waals surface area contributed by atoms with Gasteiger partial charge in [0, 0.05) is 38.6 Å². The summed E-state index contributed by atoms with van der Waals surface area (Å²) in [5.41, 5.74) is 1.91. The van der Waals surface area contributed by atoms with Crippen molar-refractivity contribution in [1.82, 2.24) is 9.80 Å². The molecule has 2 aromatic carbocycles. The Bertz CT molecular complexity index is 974. The van der Waals surface area contributed by atoms with Crippen LogP contribution in [0.25, 0.3) is 0 Å². The van der Waals surface area contributed by atoms with Crippen molar-refractivity contribution in [2.24, 2.45) is 5.92 Å². The Kier molecular flexibility index (Phi) is 9.95. The highest BCUT2D eigenvalue weighted by Crippen LogP contribution is 2.23. The van der Waals surface area contributed by atoms with Gasteiger partial charge in [-0.2, -0.15) is 0 Å². The summed E-state index contributed by atoms with van der Waals surface area (Å²) < 4.78 is 30.7. The molecular weight excluding hydrogens is 471 g/mol. The van der Waals surface area contributed by atoms with Crippen molar-refractivity contribution < 1.29 is 23.4 Å². The summed E-state index contributed by atoms with van der Waals surface area (Å²) >= 11 is 0. The molecule has 2 heterocycles. The standard InChI is InChI=1S/C30H41FN2O4/c1-22(2)20-35-28-10-6-24(7-11-28)18-29(34)33(19-25-4-8-26(31)9-5-25)27-12-15-32(16-13-27)17-14-30-36-21-23(3)37-30/h4-11,22-23,27,30H,12-21H2,1-3H3/t23-,30?/m0/s1. The summed E-state index contributed by atoms with van der Waals surface area (Å²) in [4.78, 5) is 18.0. The molecule has 0 N–H and O–H groups in total. The lowest BCUT2D eigenvalue weighted by atomic mass is 10.0. The van der Waals surface area contributed by atoms with Crippen molar-refractivity contribution in [3.8, 4) is 5.75 Å². The molecule has 1 unspecified atom stereocenters. The van der Waals surface area contributed by atoms with Gasteiger partial charge in [0.15, 0.2) is 6.29 Å². The molecule has 0 radical (unpaired) electrons. The van der Waals surface area contributed by atoms with E-state index in [2.05, 4.69) is 18.7 Å². The Hall–Kier alpha value is -2.48. The lowest BCUT2D eigenvalue weighted by molar-refractivity contribution is -0.134. The molecule has 2 atom stereocenters. The van der Waals surface area contributed by atoms with Gasteiger partial charge in [-0.05, 0) is 61.1 Å². The molecular formula is C30H41FN2O4. The van der Waals surface area contributed by atoms with Crippen LogP contribution in [-0.2, 0) is 27.2 Å². The zero-order chi connectivity index (χ0) is 26.2. The first-order chi connectivity index (χ1) is 17.9. The second kappa shape index (κ2) is 13.4. The van der Waals surface area contributed by atoms with E-state index < -0.39 is 0 Å². The van der Waals surface area contributed by atoms with Gasteiger partial charge in [0.2, 0.25) is 5.91 Å². The number of ether oxygens (including phenoxy) is 3. The van der Waals surface area contributed by atoms with Crippen molar-refractivity contribution in [2.45, 2.75) is 71.4 Å². The molecule has 1 amide bonds. The predicted molar refractivity (Wildman–Crippen MR) is 142 cm³/mol. The Morgan fingerprint density at radius 1 is 1.08 bits per heavy atom. The van der Waals surface area contributed by atoms with E-state index in [0.717, 1.165) is 55.8 Å². The normalized spacial score (nSPS) is 20.9. The summed E-state index contributed by atoms with van der Waals surface area (Å²) in [5, 5.41) is 0. The largest absolute Gasteiger partial charge is 0.493 e. The van der Waals surface area contributed by atoms with Gasteiger partial charge in [0.1, 0.15) is 11.6 Å². The van der Waals surface area contributed by atoms with Crippen molar-refractivity contribution in [2.75, 3.05) is 32.8 Å². The zero-order valence-corrected chi connectivity index (χ0v) is 22.4. The number of rotatable bonds is 11. The van der Waals surface area contributed by atoms with Gasteiger partial charge < -0.3 is 24.0 Å². The molecule has 0 aromatic heterocycles. The maximum absolute atomic E-state index is 13.6. The van der Waals surface area contributed by atoms with Crippen LogP contribution in [0.2, 0.25) is 0 Å². The number of hydrogen-bond donors (Lipinski definition) is 0. The summed E-state index contributed by atoms with van der Waals surface area (Å²) in [6.45, 7) is 10.9. The lowest BCUT2D eigenvalue weighted by Crippen LogP contribution is -2.48. The molecule has 0 saturated carbocycles. The molecule has 2 saturated heterocycles. The van der Waals surface area contributed by atoms with E-state index in [-0.39, 0.29) is 30.2 Å². The van der Waals surface area contributed by atoms with Crippen molar-refractivity contribution in [1.29, 1.82) is 0 Å². The minimum Gasteiger partial charge on any atom is -0.493 e. The fourth-order valence-corrected chi connectivity index (χ4v) is 4.92. The van der Waals surface area contributed by atoms with Crippen LogP contribution < -0.4 is 4.74 Å². The van der Waals surface area contributed by atoms with Crippen molar-refractivity contribution in [3.63, 3.8) is 0 Å². The van der Waals surface area contributed by atoms with E-state index in [9.17, 15) is 9.18 Å². The monoisotopic (exact) mass is 512 g/mol. The van der Waals surface area contributed by atoms with Crippen LogP contribution in [0.1, 0.15) is 51.2 Å². The number of carbonyl (C=O) groups is 1. The highest BCUT2D eigenvalue weighted by atomic mass is 19.1. The molecule has 2 aliphatic heterocycles. The number of likely N-dealkylation sites (tertiary alicyclic amines) is 1. The second-order valence-corrected chi connectivity index (χ2v) is 10.7. The third-order valence-electron chi connectivity index (χ3n) is 7.03. The Morgan fingerprint density at radius 2 is 1.76 bits per heavy atom. The van der Waals surface area contributed by atoms with Crippen LogP contribution in [0.5, 0.6) is 5.75 Å². The number of amides is 1. The molecule has 6 nitrogen and oxygen atoms in total. The zero-order valence-electron chi connectivity index (χ0n) is 22.4. The lowest BCUT2D eigenvalue weighted by Gasteiger charge is -2.39. The molecule has 37 heavy (non-hydrogen) atoms. The third kappa shape index (κ3) is 8.52. The quantitative estimate of drug-likeness (QED) is 0.422. The molecule has 202 valence electrons. The fourth-order valence-electron chi connectivity index (χ4n) is 4.92. The van der Waals surface area contributed by atoms with Gasteiger partial charge in [-0.25, -0.2) is 4.39 Å². The van der Waals surface area contributed by atoms with Crippen LogP contribution in [-0.4, -0.2) is 67.0 Å². The van der Waals surface area contributed by atoms with Gasteiger partial charge in [-0.3, -0.25) is 4.79 Å². The van der Waals surface area contributed by atoms with E-state index in [1.807, 2.05) is 36.1 Å². The average Bonchev–Trinajstić information content (AvgIpc) is 3.32. The summed E-state index contributed by atoms with van der Waals surface area (Å²) in [6.07, 6.45) is 3.09. The third-order valence-corrected chi connectivity index (χ3v) is 7.03. The SMILES string of the molecule is CC(C)COc1ccc(CC(=O)N(Cc2ccc(F)cc2)C2CCN(CCC3OC[C@H](C)O3)CC2)cc1. The van der Waals surface area contributed by atoms with Gasteiger partial charge >= 0.3 is 0 Å². The Labute approximate surface area is 220 Å². The van der Waals surface area contributed by atoms with Crippen molar-refractivity contribution in [3.05, 3.63) is 65.5 Å². The maximum atomic E-state index is 13.6. The highest BCUT2D eigenvalue weighted by molar-refractivity contribution is 5.79. The van der Waals surface area contributed by atoms with Crippen LogP contribution in [0.4, 0.5) is 4.39 Å². The summed E-state index contributed by atoms with van der Waals surface area (Å²) in [5.74, 6) is 1.11. The first kappa shape index (κ1) is 27.6.